The molecule has 0 aromatic carbocycles. The fraction of sp³-hybridized carbons (Fsp3) is 0.714. The highest BCUT2D eigenvalue weighted by atomic mass is 14.3. The molecule has 0 radical (unpaired) electrons. The molecule has 0 aliphatic heterocycles. The van der Waals surface area contributed by atoms with Gasteiger partial charge in [0.05, 0.1) is 0 Å². The van der Waals surface area contributed by atoms with Gasteiger partial charge in [0.25, 0.3) is 0 Å². The van der Waals surface area contributed by atoms with Gasteiger partial charge in [-0.1, -0.05) is 25.0 Å². The maximum absolute atomic E-state index is 2.41. The summed E-state index contributed by atoms with van der Waals surface area (Å²) in [5.74, 6) is 1.74. The van der Waals surface area contributed by atoms with E-state index in [4.69, 9.17) is 0 Å². The first kappa shape index (κ1) is 10.0. The lowest BCUT2D eigenvalue weighted by molar-refractivity contribution is 0.519. The first-order valence-electron chi connectivity index (χ1n) is 5.98. The number of hydrogen-bond acceptors (Lipinski definition) is 0. The second-order valence-electron chi connectivity index (χ2n) is 5.44. The minimum Gasteiger partial charge on any atom is -0.0729 e. The predicted octanol–water partition coefficient (Wildman–Crippen LogP) is 4.48. The summed E-state index contributed by atoms with van der Waals surface area (Å²) in [6, 6.07) is 0. The Morgan fingerprint density at radius 2 is 1.86 bits per heavy atom. The van der Waals surface area contributed by atoms with Gasteiger partial charge < -0.3 is 0 Å². The third-order valence-electron chi connectivity index (χ3n) is 3.90. The molecule has 0 saturated carbocycles. The molecule has 78 valence electrons. The Morgan fingerprint density at radius 3 is 2.50 bits per heavy atom. The molecule has 2 atom stereocenters. The summed E-state index contributed by atoms with van der Waals surface area (Å²) >= 11 is 0. The highest BCUT2D eigenvalue weighted by Gasteiger charge is 2.29. The molecule has 0 aromatic rings. The van der Waals surface area contributed by atoms with Crippen LogP contribution in [0.5, 0.6) is 0 Å². The smallest absolute Gasteiger partial charge is 0.0222 e. The van der Waals surface area contributed by atoms with E-state index in [1.54, 1.807) is 22.3 Å². The van der Waals surface area contributed by atoms with Crippen LogP contribution < -0.4 is 0 Å². The molecule has 0 heteroatoms. The summed E-state index contributed by atoms with van der Waals surface area (Å²) < 4.78 is 0. The third kappa shape index (κ3) is 1.55. The van der Waals surface area contributed by atoms with Gasteiger partial charge in [0, 0.05) is 0 Å². The number of hydrogen-bond donors (Lipinski definition) is 0. The molecule has 14 heavy (non-hydrogen) atoms. The van der Waals surface area contributed by atoms with Crippen molar-refractivity contribution in [3.8, 4) is 0 Å². The van der Waals surface area contributed by atoms with Gasteiger partial charge >= 0.3 is 0 Å². The zero-order chi connectivity index (χ0) is 10.3. The Labute approximate surface area is 88.1 Å². The summed E-state index contributed by atoms with van der Waals surface area (Å²) in [5.41, 5.74) is 6.79. The molecule has 2 aliphatic carbocycles. The van der Waals surface area contributed by atoms with Crippen LogP contribution in [0.3, 0.4) is 0 Å². The maximum Gasteiger partial charge on any atom is -0.0222 e. The molecule has 0 aromatic heterocycles. The van der Waals surface area contributed by atoms with E-state index in [0.717, 1.165) is 11.8 Å². The van der Waals surface area contributed by atoms with Gasteiger partial charge in [-0.2, -0.15) is 0 Å². The molecule has 0 bridgehead atoms. The molecule has 0 unspecified atom stereocenters. The van der Waals surface area contributed by atoms with Crippen LogP contribution >= 0.6 is 0 Å². The fourth-order valence-electron chi connectivity index (χ4n) is 3.09. The van der Waals surface area contributed by atoms with Crippen molar-refractivity contribution in [2.24, 2.45) is 11.8 Å². The third-order valence-corrected chi connectivity index (χ3v) is 3.90. The lowest BCUT2D eigenvalue weighted by Gasteiger charge is -2.26. The summed E-state index contributed by atoms with van der Waals surface area (Å²) in [5, 5.41) is 0. The Morgan fingerprint density at radius 1 is 1.14 bits per heavy atom. The normalized spacial score (nSPS) is 32.1. The van der Waals surface area contributed by atoms with Crippen molar-refractivity contribution in [3.63, 3.8) is 0 Å². The zero-order valence-electron chi connectivity index (χ0n) is 9.98. The second-order valence-corrected chi connectivity index (χ2v) is 5.44. The van der Waals surface area contributed by atoms with Crippen LogP contribution in [0.2, 0.25) is 0 Å². The molecule has 2 rings (SSSR count). The average molecular weight is 190 g/mol. The standard InChI is InChI=1S/C14H22/c1-9(2)13-7-10(3)8-14-11(4)5-6-12(13)14/h10-11H,5-8H2,1-4H3/t10-,11+/m0/s1. The molecule has 0 amide bonds. The van der Waals surface area contributed by atoms with Crippen molar-refractivity contribution < 1.29 is 0 Å². The molecule has 2 aliphatic rings. The van der Waals surface area contributed by atoms with Crippen molar-refractivity contribution >= 4 is 0 Å². The quantitative estimate of drug-likeness (QED) is 0.528. The highest BCUT2D eigenvalue weighted by molar-refractivity contribution is 5.44. The van der Waals surface area contributed by atoms with Crippen LogP contribution in [0.4, 0.5) is 0 Å². The van der Waals surface area contributed by atoms with Crippen molar-refractivity contribution in [2.75, 3.05) is 0 Å². The lowest BCUT2D eigenvalue weighted by Crippen LogP contribution is -2.10. The van der Waals surface area contributed by atoms with E-state index < -0.39 is 0 Å². The minimum absolute atomic E-state index is 0.863. The average Bonchev–Trinajstić information content (AvgIpc) is 2.47. The molecule has 0 N–H and O–H groups in total. The molecule has 0 nitrogen and oxygen atoms in total. The SMILES string of the molecule is CC(C)=C1C[C@H](C)CC2=C1CC[C@H]2C. The van der Waals surface area contributed by atoms with Gasteiger partial charge in [0.2, 0.25) is 0 Å². The Balaban J connectivity index is 2.42. The van der Waals surface area contributed by atoms with Gasteiger partial charge in [-0.3, -0.25) is 0 Å². The van der Waals surface area contributed by atoms with E-state index >= 15 is 0 Å². The van der Waals surface area contributed by atoms with Crippen LogP contribution in [-0.4, -0.2) is 0 Å². The monoisotopic (exact) mass is 190 g/mol. The van der Waals surface area contributed by atoms with E-state index in [1.165, 1.54) is 25.7 Å². The topological polar surface area (TPSA) is 0 Å². The summed E-state index contributed by atoms with van der Waals surface area (Å²) in [4.78, 5) is 0. The molecular formula is C14H22. The molecule has 0 saturated heterocycles. The largest absolute Gasteiger partial charge is 0.0729 e. The minimum atomic E-state index is 0.863. The van der Waals surface area contributed by atoms with Crippen LogP contribution in [0.1, 0.15) is 53.4 Å². The maximum atomic E-state index is 2.41. The van der Waals surface area contributed by atoms with Crippen LogP contribution in [0, 0.1) is 11.8 Å². The molecule has 0 fully saturated rings. The number of allylic oxidation sites excluding steroid dienone is 4. The van der Waals surface area contributed by atoms with Crippen molar-refractivity contribution in [1.82, 2.24) is 0 Å². The van der Waals surface area contributed by atoms with E-state index in [-0.39, 0.29) is 0 Å². The van der Waals surface area contributed by atoms with Gasteiger partial charge in [-0.05, 0) is 62.5 Å². The Kier molecular flexibility index (Phi) is 2.55. The van der Waals surface area contributed by atoms with E-state index in [0.29, 0.717) is 0 Å². The summed E-state index contributed by atoms with van der Waals surface area (Å²) in [6.07, 6.45) is 5.44. The van der Waals surface area contributed by atoms with Gasteiger partial charge in [0.15, 0.2) is 0 Å². The van der Waals surface area contributed by atoms with E-state index in [9.17, 15) is 0 Å². The summed E-state index contributed by atoms with van der Waals surface area (Å²) in [6.45, 7) is 9.36. The van der Waals surface area contributed by atoms with Crippen molar-refractivity contribution in [3.05, 3.63) is 22.3 Å². The summed E-state index contributed by atoms with van der Waals surface area (Å²) in [7, 11) is 0. The zero-order valence-corrected chi connectivity index (χ0v) is 9.98. The van der Waals surface area contributed by atoms with E-state index in [1.807, 2.05) is 0 Å². The van der Waals surface area contributed by atoms with Gasteiger partial charge in [0.1, 0.15) is 0 Å². The van der Waals surface area contributed by atoms with Crippen LogP contribution in [0.25, 0.3) is 0 Å². The fourth-order valence-corrected chi connectivity index (χ4v) is 3.09. The van der Waals surface area contributed by atoms with Crippen LogP contribution in [0.15, 0.2) is 22.3 Å². The highest BCUT2D eigenvalue weighted by Crippen LogP contribution is 2.46. The van der Waals surface area contributed by atoms with Gasteiger partial charge in [-0.15, -0.1) is 0 Å². The second kappa shape index (κ2) is 3.56. The lowest BCUT2D eigenvalue weighted by atomic mass is 9.79. The first-order chi connectivity index (χ1) is 6.59. The first-order valence-corrected chi connectivity index (χ1v) is 5.98. The van der Waals surface area contributed by atoms with Crippen LogP contribution in [-0.2, 0) is 0 Å². The Bertz CT molecular complexity index is 300. The van der Waals surface area contributed by atoms with Crippen molar-refractivity contribution in [1.29, 1.82) is 0 Å². The van der Waals surface area contributed by atoms with Crippen molar-refractivity contribution in [2.45, 2.75) is 53.4 Å². The number of rotatable bonds is 0. The van der Waals surface area contributed by atoms with Gasteiger partial charge in [-0.25, -0.2) is 0 Å². The van der Waals surface area contributed by atoms with E-state index in [2.05, 4.69) is 27.7 Å². The molecular weight excluding hydrogens is 168 g/mol. The Hall–Kier alpha value is -0.520. The predicted molar refractivity (Wildman–Crippen MR) is 62.2 cm³/mol. The molecule has 0 spiro atoms. The molecule has 0 heterocycles.